The molecule has 0 radical (unpaired) electrons. The standard InChI is InChI=1S/C15H14O3/c1-10-5-6-13(11(2)8-10)14(15(16)17)9-12-4-3-7-18-12/h3-9H,1-2H3,(H,16,17)/b14-9-. The SMILES string of the molecule is Cc1ccc(/C(=C/c2ccco2)C(=O)O)c(C)c1. The van der Waals surface area contributed by atoms with Crippen molar-refractivity contribution in [2.24, 2.45) is 0 Å². The summed E-state index contributed by atoms with van der Waals surface area (Å²) in [7, 11) is 0. The van der Waals surface area contributed by atoms with Crippen molar-refractivity contribution in [1.82, 2.24) is 0 Å². The Balaban J connectivity index is 2.52. The summed E-state index contributed by atoms with van der Waals surface area (Å²) in [5.41, 5.74) is 3.00. The maximum atomic E-state index is 11.4. The molecule has 1 N–H and O–H groups in total. The van der Waals surface area contributed by atoms with Crippen LogP contribution in [0.15, 0.2) is 41.0 Å². The van der Waals surface area contributed by atoms with Crippen molar-refractivity contribution >= 4 is 17.6 Å². The van der Waals surface area contributed by atoms with Crippen LogP contribution in [0, 0.1) is 13.8 Å². The fourth-order valence-corrected chi connectivity index (χ4v) is 1.89. The van der Waals surface area contributed by atoms with Crippen molar-refractivity contribution in [2.75, 3.05) is 0 Å². The number of carboxylic acids is 1. The smallest absolute Gasteiger partial charge is 0.336 e. The highest BCUT2D eigenvalue weighted by atomic mass is 16.4. The number of benzene rings is 1. The number of aliphatic carboxylic acids is 1. The first kappa shape index (κ1) is 12.2. The van der Waals surface area contributed by atoms with Crippen molar-refractivity contribution in [1.29, 1.82) is 0 Å². The molecule has 18 heavy (non-hydrogen) atoms. The normalized spacial score (nSPS) is 11.6. The fraction of sp³-hybridized carbons (Fsp3) is 0.133. The van der Waals surface area contributed by atoms with Gasteiger partial charge in [-0.25, -0.2) is 4.79 Å². The molecular weight excluding hydrogens is 228 g/mol. The van der Waals surface area contributed by atoms with E-state index in [0.717, 1.165) is 11.1 Å². The van der Waals surface area contributed by atoms with E-state index in [9.17, 15) is 9.90 Å². The van der Waals surface area contributed by atoms with E-state index in [2.05, 4.69) is 0 Å². The van der Waals surface area contributed by atoms with Gasteiger partial charge in [0.05, 0.1) is 11.8 Å². The monoisotopic (exact) mass is 242 g/mol. The van der Waals surface area contributed by atoms with Gasteiger partial charge in [-0.15, -0.1) is 0 Å². The third kappa shape index (κ3) is 2.51. The van der Waals surface area contributed by atoms with Gasteiger partial charge in [-0.2, -0.15) is 0 Å². The second-order valence-electron chi connectivity index (χ2n) is 4.20. The van der Waals surface area contributed by atoms with E-state index in [1.54, 1.807) is 18.2 Å². The van der Waals surface area contributed by atoms with Crippen molar-refractivity contribution < 1.29 is 14.3 Å². The number of hydrogen-bond donors (Lipinski definition) is 1. The van der Waals surface area contributed by atoms with Crippen molar-refractivity contribution in [2.45, 2.75) is 13.8 Å². The molecule has 1 aromatic heterocycles. The third-order valence-corrected chi connectivity index (χ3v) is 2.73. The molecule has 0 saturated heterocycles. The van der Waals surface area contributed by atoms with Gasteiger partial charge in [0.25, 0.3) is 0 Å². The highest BCUT2D eigenvalue weighted by Crippen LogP contribution is 2.23. The molecule has 0 saturated carbocycles. The van der Waals surface area contributed by atoms with Gasteiger partial charge in [-0.3, -0.25) is 0 Å². The van der Waals surface area contributed by atoms with Crippen LogP contribution in [-0.4, -0.2) is 11.1 Å². The van der Waals surface area contributed by atoms with Crippen LogP contribution in [0.3, 0.4) is 0 Å². The molecule has 0 bridgehead atoms. The van der Waals surface area contributed by atoms with Crippen LogP contribution in [0.2, 0.25) is 0 Å². The molecule has 0 aliphatic heterocycles. The van der Waals surface area contributed by atoms with Crippen LogP contribution in [0.25, 0.3) is 11.6 Å². The summed E-state index contributed by atoms with van der Waals surface area (Å²) >= 11 is 0. The Hall–Kier alpha value is -2.29. The van der Waals surface area contributed by atoms with Gasteiger partial charge in [-0.1, -0.05) is 23.8 Å². The van der Waals surface area contributed by atoms with Gasteiger partial charge in [0.15, 0.2) is 0 Å². The van der Waals surface area contributed by atoms with Gasteiger partial charge >= 0.3 is 5.97 Å². The third-order valence-electron chi connectivity index (χ3n) is 2.73. The van der Waals surface area contributed by atoms with Crippen LogP contribution in [0.4, 0.5) is 0 Å². The molecule has 0 unspecified atom stereocenters. The second kappa shape index (κ2) is 4.92. The topological polar surface area (TPSA) is 50.4 Å². The van der Waals surface area contributed by atoms with Gasteiger partial charge in [0.1, 0.15) is 5.76 Å². The van der Waals surface area contributed by atoms with E-state index < -0.39 is 5.97 Å². The Labute approximate surface area is 105 Å². The average molecular weight is 242 g/mol. The van der Waals surface area contributed by atoms with E-state index in [-0.39, 0.29) is 5.57 Å². The van der Waals surface area contributed by atoms with Gasteiger partial charge < -0.3 is 9.52 Å². The molecule has 92 valence electrons. The molecule has 0 spiro atoms. The van der Waals surface area contributed by atoms with Gasteiger partial charge in [-0.05, 0) is 43.2 Å². The quantitative estimate of drug-likeness (QED) is 0.838. The highest BCUT2D eigenvalue weighted by Gasteiger charge is 2.13. The molecule has 2 aromatic rings. The molecule has 1 aromatic carbocycles. The van der Waals surface area contributed by atoms with Crippen molar-refractivity contribution in [3.05, 3.63) is 59.0 Å². The minimum Gasteiger partial charge on any atom is -0.478 e. The van der Waals surface area contributed by atoms with Gasteiger partial charge in [0.2, 0.25) is 0 Å². The molecule has 3 heteroatoms. The predicted molar refractivity (Wildman–Crippen MR) is 70.1 cm³/mol. The van der Waals surface area contributed by atoms with E-state index in [4.69, 9.17) is 4.42 Å². The number of rotatable bonds is 3. The highest BCUT2D eigenvalue weighted by molar-refractivity contribution is 6.20. The van der Waals surface area contributed by atoms with Gasteiger partial charge in [0, 0.05) is 0 Å². The van der Waals surface area contributed by atoms with Crippen LogP contribution in [-0.2, 0) is 4.79 Å². The summed E-state index contributed by atoms with van der Waals surface area (Å²) in [6, 6.07) is 9.16. The number of hydrogen-bond acceptors (Lipinski definition) is 2. The number of carboxylic acid groups (broad SMARTS) is 1. The summed E-state index contributed by atoms with van der Waals surface area (Å²) in [6.45, 7) is 3.88. The van der Waals surface area contributed by atoms with E-state index in [0.29, 0.717) is 11.3 Å². The molecule has 2 rings (SSSR count). The summed E-state index contributed by atoms with van der Waals surface area (Å²) in [4.78, 5) is 11.4. The number of carbonyl (C=O) groups is 1. The molecular formula is C15H14O3. The molecule has 0 fully saturated rings. The van der Waals surface area contributed by atoms with Crippen molar-refractivity contribution in [3.8, 4) is 0 Å². The second-order valence-corrected chi connectivity index (χ2v) is 4.20. The first-order valence-electron chi connectivity index (χ1n) is 5.64. The summed E-state index contributed by atoms with van der Waals surface area (Å²) in [6.07, 6.45) is 3.06. The minimum atomic E-state index is -0.960. The zero-order valence-electron chi connectivity index (χ0n) is 10.3. The zero-order chi connectivity index (χ0) is 13.1. The maximum Gasteiger partial charge on any atom is 0.336 e. The van der Waals surface area contributed by atoms with Crippen LogP contribution >= 0.6 is 0 Å². The Morgan fingerprint density at radius 3 is 2.61 bits per heavy atom. The molecule has 0 aliphatic rings. The number of furan rings is 1. The molecule has 3 nitrogen and oxygen atoms in total. The average Bonchev–Trinajstić information content (AvgIpc) is 2.79. The fourth-order valence-electron chi connectivity index (χ4n) is 1.89. The Bertz CT molecular complexity index is 592. The predicted octanol–water partition coefficient (Wildman–Crippen LogP) is 3.52. The Morgan fingerprint density at radius 1 is 1.28 bits per heavy atom. The first-order chi connectivity index (χ1) is 8.58. The lowest BCUT2D eigenvalue weighted by Gasteiger charge is -2.07. The minimum absolute atomic E-state index is 0.238. The van der Waals surface area contributed by atoms with Crippen LogP contribution in [0.5, 0.6) is 0 Å². The molecule has 0 atom stereocenters. The molecule has 0 aliphatic carbocycles. The summed E-state index contributed by atoms with van der Waals surface area (Å²) in [5, 5.41) is 9.31. The van der Waals surface area contributed by atoms with E-state index >= 15 is 0 Å². The van der Waals surface area contributed by atoms with Crippen LogP contribution < -0.4 is 0 Å². The summed E-state index contributed by atoms with van der Waals surface area (Å²) < 4.78 is 5.16. The number of aryl methyl sites for hydroxylation is 2. The molecule has 1 heterocycles. The lowest BCUT2D eigenvalue weighted by atomic mass is 9.98. The summed E-state index contributed by atoms with van der Waals surface area (Å²) in [5.74, 6) is -0.425. The Kier molecular flexibility index (Phi) is 3.33. The lowest BCUT2D eigenvalue weighted by molar-refractivity contribution is -0.130. The largest absolute Gasteiger partial charge is 0.478 e. The van der Waals surface area contributed by atoms with Crippen LogP contribution in [0.1, 0.15) is 22.5 Å². The molecule has 0 amide bonds. The van der Waals surface area contributed by atoms with E-state index in [1.807, 2.05) is 32.0 Å². The van der Waals surface area contributed by atoms with E-state index in [1.165, 1.54) is 6.26 Å². The Morgan fingerprint density at radius 2 is 2.06 bits per heavy atom. The first-order valence-corrected chi connectivity index (χ1v) is 5.64. The van der Waals surface area contributed by atoms with Crippen molar-refractivity contribution in [3.63, 3.8) is 0 Å². The maximum absolute atomic E-state index is 11.4. The lowest BCUT2D eigenvalue weighted by Crippen LogP contribution is -2.01. The zero-order valence-corrected chi connectivity index (χ0v) is 10.3.